The van der Waals surface area contributed by atoms with E-state index in [9.17, 15) is 4.79 Å². The molecule has 1 N–H and O–H groups in total. The number of aromatic nitrogens is 2. The monoisotopic (exact) mass is 525 g/mol. The third-order valence-corrected chi connectivity index (χ3v) is 8.96. The van der Waals surface area contributed by atoms with Gasteiger partial charge in [-0.1, -0.05) is 35.3 Å². The Bertz CT molecular complexity index is 1300. The molecule has 1 aliphatic carbocycles. The van der Waals surface area contributed by atoms with Crippen molar-refractivity contribution in [3.05, 3.63) is 63.4 Å². The number of benzene rings is 2. The molecule has 3 heterocycles. The third-order valence-electron chi connectivity index (χ3n) is 8.22. The highest BCUT2D eigenvalue weighted by atomic mass is 35.5. The van der Waals surface area contributed by atoms with E-state index in [1.165, 1.54) is 30.7 Å². The molecule has 6 rings (SSSR count). The summed E-state index contributed by atoms with van der Waals surface area (Å²) in [6, 6.07) is 12.3. The summed E-state index contributed by atoms with van der Waals surface area (Å²) in [5.74, 6) is 1.81. The molecule has 3 aromatic rings. The average molecular weight is 527 g/mol. The van der Waals surface area contributed by atoms with Crippen LogP contribution in [-0.2, 0) is 20.1 Å². The second-order valence-electron chi connectivity index (χ2n) is 11.0. The van der Waals surface area contributed by atoms with E-state index in [4.69, 9.17) is 28.2 Å². The third kappa shape index (κ3) is 4.83. The number of hydrogen-bond donors (Lipinski definition) is 1. The maximum absolute atomic E-state index is 13.1. The molecule has 1 spiro atoms. The van der Waals surface area contributed by atoms with E-state index in [1.807, 2.05) is 17.0 Å². The lowest BCUT2D eigenvalue weighted by molar-refractivity contribution is 0.107. The number of nitrogens with one attached hydrogen (secondary N) is 1. The quantitative estimate of drug-likeness (QED) is 0.447. The van der Waals surface area contributed by atoms with Crippen molar-refractivity contribution in [2.45, 2.75) is 51.1 Å². The largest absolute Gasteiger partial charge is 0.334 e. The number of aryl methyl sites for hydroxylation is 1. The standard InChI is InChI=1S/C28H33Cl2N5O/c1-33-25-8-4-19(14-24(25)32-26(33)21-5-6-21)15-31-27(36)35-11-2-9-28(18-35)10-12-34(17-28)16-20-3-7-22(29)23(30)13-20/h3-4,7-8,13-14,21H,2,5-6,9-12,15-18H2,1H3,(H,31,36). The minimum absolute atomic E-state index is 0.0387. The maximum atomic E-state index is 13.1. The van der Waals surface area contributed by atoms with Crippen LogP contribution in [0.4, 0.5) is 4.79 Å². The first kappa shape index (κ1) is 24.1. The Morgan fingerprint density at radius 3 is 2.69 bits per heavy atom. The summed E-state index contributed by atoms with van der Waals surface area (Å²) < 4.78 is 2.22. The summed E-state index contributed by atoms with van der Waals surface area (Å²) in [4.78, 5) is 22.5. The van der Waals surface area contributed by atoms with Gasteiger partial charge < -0.3 is 14.8 Å². The van der Waals surface area contributed by atoms with Gasteiger partial charge in [0, 0.05) is 51.1 Å². The van der Waals surface area contributed by atoms with E-state index in [2.05, 4.69) is 46.1 Å². The Hall–Kier alpha value is -2.28. The van der Waals surface area contributed by atoms with Gasteiger partial charge in [0.15, 0.2) is 0 Å². The normalized spacial score (nSPS) is 22.6. The molecule has 2 amide bonds. The van der Waals surface area contributed by atoms with Gasteiger partial charge in [-0.2, -0.15) is 0 Å². The Morgan fingerprint density at radius 1 is 1.06 bits per heavy atom. The van der Waals surface area contributed by atoms with Crippen LogP contribution in [0, 0.1) is 5.41 Å². The summed E-state index contributed by atoms with van der Waals surface area (Å²) in [7, 11) is 2.10. The average Bonchev–Trinajstić information content (AvgIpc) is 3.58. The number of fused-ring (bicyclic) bond motifs is 1. The predicted molar refractivity (Wildman–Crippen MR) is 145 cm³/mol. The second-order valence-corrected chi connectivity index (χ2v) is 11.8. The number of carbonyl (C=O) groups excluding carboxylic acids is 1. The topological polar surface area (TPSA) is 53.4 Å². The molecule has 3 aliphatic rings. The van der Waals surface area contributed by atoms with Crippen molar-refractivity contribution >= 4 is 40.3 Å². The van der Waals surface area contributed by atoms with Gasteiger partial charge in [0.2, 0.25) is 0 Å². The van der Waals surface area contributed by atoms with Crippen LogP contribution in [0.15, 0.2) is 36.4 Å². The fourth-order valence-corrected chi connectivity index (χ4v) is 6.46. The van der Waals surface area contributed by atoms with Crippen LogP contribution >= 0.6 is 23.2 Å². The molecule has 0 bridgehead atoms. The number of imidazole rings is 1. The van der Waals surface area contributed by atoms with Gasteiger partial charge >= 0.3 is 6.03 Å². The molecular formula is C28H33Cl2N5O. The minimum atomic E-state index is 0.0387. The van der Waals surface area contributed by atoms with Crippen LogP contribution in [0.25, 0.3) is 11.0 Å². The zero-order valence-electron chi connectivity index (χ0n) is 20.8. The number of amides is 2. The van der Waals surface area contributed by atoms with Gasteiger partial charge in [0.05, 0.1) is 21.1 Å². The van der Waals surface area contributed by atoms with Crippen LogP contribution in [0.2, 0.25) is 10.0 Å². The van der Waals surface area contributed by atoms with E-state index >= 15 is 0 Å². The Balaban J connectivity index is 1.05. The number of piperidine rings is 1. The fourth-order valence-electron chi connectivity index (χ4n) is 6.14. The lowest BCUT2D eigenvalue weighted by Gasteiger charge is -2.40. The molecule has 2 aromatic carbocycles. The molecule has 36 heavy (non-hydrogen) atoms. The molecule has 1 aromatic heterocycles. The van der Waals surface area contributed by atoms with Gasteiger partial charge in [-0.3, -0.25) is 4.90 Å². The molecule has 1 saturated carbocycles. The molecule has 8 heteroatoms. The number of carbonyl (C=O) groups is 1. The first-order chi connectivity index (χ1) is 17.4. The summed E-state index contributed by atoms with van der Waals surface area (Å²) in [6.45, 7) is 5.09. The smallest absolute Gasteiger partial charge is 0.317 e. The maximum Gasteiger partial charge on any atom is 0.317 e. The van der Waals surface area contributed by atoms with Crippen molar-refractivity contribution in [3.8, 4) is 0 Å². The van der Waals surface area contributed by atoms with Crippen molar-refractivity contribution < 1.29 is 4.79 Å². The molecule has 6 nitrogen and oxygen atoms in total. The lowest BCUT2D eigenvalue weighted by Crippen LogP contribution is -2.50. The second kappa shape index (κ2) is 9.55. The van der Waals surface area contributed by atoms with Crippen LogP contribution in [-0.4, -0.2) is 51.6 Å². The van der Waals surface area contributed by atoms with Crippen LogP contribution in [0.5, 0.6) is 0 Å². The van der Waals surface area contributed by atoms with Crippen molar-refractivity contribution in [2.24, 2.45) is 12.5 Å². The highest BCUT2D eigenvalue weighted by molar-refractivity contribution is 6.42. The van der Waals surface area contributed by atoms with Gasteiger partial charge in [-0.15, -0.1) is 0 Å². The number of rotatable bonds is 5. The van der Waals surface area contributed by atoms with E-state index in [1.54, 1.807) is 0 Å². The Morgan fingerprint density at radius 2 is 1.89 bits per heavy atom. The van der Waals surface area contributed by atoms with Crippen LogP contribution in [0.3, 0.4) is 0 Å². The van der Waals surface area contributed by atoms with Crippen molar-refractivity contribution in [1.29, 1.82) is 0 Å². The van der Waals surface area contributed by atoms with Crippen LogP contribution < -0.4 is 5.32 Å². The molecule has 1 unspecified atom stereocenters. The van der Waals surface area contributed by atoms with E-state index < -0.39 is 0 Å². The van der Waals surface area contributed by atoms with Crippen molar-refractivity contribution in [2.75, 3.05) is 26.2 Å². The zero-order chi connectivity index (χ0) is 24.9. The lowest BCUT2D eigenvalue weighted by atomic mass is 9.79. The van der Waals surface area contributed by atoms with Gasteiger partial charge in [0.25, 0.3) is 0 Å². The summed E-state index contributed by atoms with van der Waals surface area (Å²) in [5, 5.41) is 4.37. The van der Waals surface area contributed by atoms with E-state index in [0.29, 0.717) is 22.5 Å². The van der Waals surface area contributed by atoms with Gasteiger partial charge in [-0.25, -0.2) is 9.78 Å². The first-order valence-electron chi connectivity index (χ1n) is 13.0. The molecular weight excluding hydrogens is 493 g/mol. The molecule has 2 aliphatic heterocycles. The number of halogens is 2. The predicted octanol–water partition coefficient (Wildman–Crippen LogP) is 5.96. The Labute approximate surface area is 222 Å². The highest BCUT2D eigenvalue weighted by Gasteiger charge is 2.42. The summed E-state index contributed by atoms with van der Waals surface area (Å²) in [5.41, 5.74) is 4.64. The number of nitrogens with zero attached hydrogens (tertiary/aromatic N) is 4. The van der Waals surface area contributed by atoms with Gasteiger partial charge in [0.1, 0.15) is 5.82 Å². The number of likely N-dealkylation sites (tertiary alicyclic amines) is 2. The molecule has 0 radical (unpaired) electrons. The minimum Gasteiger partial charge on any atom is -0.334 e. The van der Waals surface area contributed by atoms with Crippen molar-refractivity contribution in [3.63, 3.8) is 0 Å². The highest BCUT2D eigenvalue weighted by Crippen LogP contribution is 2.41. The Kier molecular flexibility index (Phi) is 6.39. The van der Waals surface area contributed by atoms with Crippen molar-refractivity contribution in [1.82, 2.24) is 24.7 Å². The molecule has 2 saturated heterocycles. The fraction of sp³-hybridized carbons (Fsp3) is 0.500. The summed E-state index contributed by atoms with van der Waals surface area (Å²) >= 11 is 12.3. The molecule has 1 atom stereocenters. The number of urea groups is 1. The summed E-state index contributed by atoms with van der Waals surface area (Å²) in [6.07, 6.45) is 5.83. The van der Waals surface area contributed by atoms with E-state index in [0.717, 1.165) is 62.2 Å². The molecule has 190 valence electrons. The zero-order valence-corrected chi connectivity index (χ0v) is 22.3. The first-order valence-corrected chi connectivity index (χ1v) is 13.8. The van der Waals surface area contributed by atoms with Crippen LogP contribution in [0.1, 0.15) is 55.0 Å². The number of hydrogen-bond acceptors (Lipinski definition) is 3. The van der Waals surface area contributed by atoms with Gasteiger partial charge in [-0.05, 0) is 74.0 Å². The van der Waals surface area contributed by atoms with E-state index in [-0.39, 0.29) is 11.4 Å². The molecule has 3 fully saturated rings. The SMILES string of the molecule is Cn1c(C2CC2)nc2cc(CNC(=O)N3CCCC4(CCN(Cc5ccc(Cl)c(Cl)c5)C4)C3)ccc21.